The van der Waals surface area contributed by atoms with Crippen molar-refractivity contribution in [1.29, 1.82) is 0 Å². The molecule has 0 aliphatic carbocycles. The van der Waals surface area contributed by atoms with Crippen molar-refractivity contribution in [3.8, 4) is 5.75 Å². The number of halogens is 2. The molecule has 0 fully saturated rings. The maximum atomic E-state index is 12.1. The summed E-state index contributed by atoms with van der Waals surface area (Å²) in [7, 11) is 0. The zero-order valence-corrected chi connectivity index (χ0v) is 9.26. The predicted molar refractivity (Wildman–Crippen MR) is 55.8 cm³/mol. The Labute approximate surface area is 101 Å². The highest BCUT2D eigenvalue weighted by Crippen LogP contribution is 2.27. The van der Waals surface area contributed by atoms with Crippen LogP contribution >= 0.6 is 0 Å². The van der Waals surface area contributed by atoms with Crippen LogP contribution in [0.1, 0.15) is 27.6 Å². The maximum absolute atomic E-state index is 12.1. The highest BCUT2D eigenvalue weighted by Gasteiger charge is 2.20. The molecule has 1 atom stereocenters. The monoisotopic (exact) mass is 260 g/mol. The maximum Gasteiger partial charge on any atom is 0.387 e. The van der Waals surface area contributed by atoms with Gasteiger partial charge in [0, 0.05) is 0 Å². The molecule has 1 aromatic rings. The number of rotatable bonds is 5. The van der Waals surface area contributed by atoms with Crippen LogP contribution in [0.3, 0.4) is 0 Å². The largest absolute Gasteiger partial charge is 0.479 e. The first kappa shape index (κ1) is 14.0. The summed E-state index contributed by atoms with van der Waals surface area (Å²) in [5.74, 6) is -1.99. The van der Waals surface area contributed by atoms with E-state index in [2.05, 4.69) is 4.74 Å². The number of ether oxygens (including phenoxy) is 1. The Hall–Kier alpha value is -2.02. The molecule has 1 unspecified atom stereocenters. The first-order chi connectivity index (χ1) is 8.36. The van der Waals surface area contributed by atoms with E-state index in [1.807, 2.05) is 0 Å². The summed E-state index contributed by atoms with van der Waals surface area (Å²) in [6, 6.07) is 2.13. The third kappa shape index (κ3) is 3.01. The topological polar surface area (TPSA) is 83.8 Å². The van der Waals surface area contributed by atoms with E-state index < -0.39 is 24.4 Å². The first-order valence-corrected chi connectivity index (χ1v) is 4.82. The molecule has 0 saturated heterocycles. The molecule has 1 aromatic carbocycles. The minimum Gasteiger partial charge on any atom is -0.479 e. The van der Waals surface area contributed by atoms with Crippen LogP contribution in [-0.4, -0.2) is 29.1 Å². The standard InChI is InChI=1S/C11H10F2O5/c1-5-2-6(9(15)10(16)17)3-8(7(5)4-14)18-11(12)13/h2-4,9,11,15H,1H3,(H,16,17). The third-order valence-electron chi connectivity index (χ3n) is 2.25. The van der Waals surface area contributed by atoms with Crippen molar-refractivity contribution in [2.24, 2.45) is 0 Å². The number of benzene rings is 1. The number of carbonyl (C=O) groups excluding carboxylic acids is 1. The lowest BCUT2D eigenvalue weighted by atomic mass is 10.0. The smallest absolute Gasteiger partial charge is 0.387 e. The van der Waals surface area contributed by atoms with Gasteiger partial charge in [0.15, 0.2) is 12.4 Å². The summed E-state index contributed by atoms with van der Waals surface area (Å²) in [6.45, 7) is -1.74. The average molecular weight is 260 g/mol. The number of aliphatic carboxylic acids is 1. The predicted octanol–water partition coefficient (Wildman–Crippen LogP) is 1.53. The van der Waals surface area contributed by atoms with E-state index >= 15 is 0 Å². The molecule has 0 saturated carbocycles. The van der Waals surface area contributed by atoms with E-state index in [0.29, 0.717) is 6.29 Å². The normalized spacial score (nSPS) is 12.3. The Morgan fingerprint density at radius 1 is 1.44 bits per heavy atom. The lowest BCUT2D eigenvalue weighted by molar-refractivity contribution is -0.146. The fourth-order valence-corrected chi connectivity index (χ4v) is 1.44. The van der Waals surface area contributed by atoms with Gasteiger partial charge in [0.2, 0.25) is 0 Å². The van der Waals surface area contributed by atoms with E-state index in [4.69, 9.17) is 5.11 Å². The number of aryl methyl sites for hydroxylation is 1. The van der Waals surface area contributed by atoms with E-state index in [1.165, 1.54) is 13.0 Å². The van der Waals surface area contributed by atoms with E-state index in [-0.39, 0.29) is 16.7 Å². The molecular weight excluding hydrogens is 250 g/mol. The number of aliphatic hydroxyl groups is 1. The van der Waals surface area contributed by atoms with Crippen molar-refractivity contribution in [3.63, 3.8) is 0 Å². The first-order valence-electron chi connectivity index (χ1n) is 4.82. The second kappa shape index (κ2) is 5.54. The molecule has 0 spiro atoms. The SMILES string of the molecule is Cc1cc(C(O)C(=O)O)cc(OC(F)F)c1C=O. The molecule has 0 aromatic heterocycles. The van der Waals surface area contributed by atoms with Gasteiger partial charge in [0.25, 0.3) is 0 Å². The summed E-state index contributed by atoms with van der Waals surface area (Å²) in [6.07, 6.45) is -1.55. The van der Waals surface area contributed by atoms with Crippen LogP contribution in [0.25, 0.3) is 0 Å². The quantitative estimate of drug-likeness (QED) is 0.784. The number of alkyl halides is 2. The van der Waals surface area contributed by atoms with Gasteiger partial charge in [-0.25, -0.2) is 4.79 Å². The van der Waals surface area contributed by atoms with Crippen LogP contribution < -0.4 is 4.74 Å². The summed E-state index contributed by atoms with van der Waals surface area (Å²) < 4.78 is 28.4. The number of hydrogen-bond acceptors (Lipinski definition) is 4. The Morgan fingerprint density at radius 3 is 2.50 bits per heavy atom. The Bertz CT molecular complexity index is 473. The number of hydrogen-bond donors (Lipinski definition) is 2. The molecule has 98 valence electrons. The molecular formula is C11H10F2O5. The van der Waals surface area contributed by atoms with Gasteiger partial charge >= 0.3 is 12.6 Å². The Balaban J connectivity index is 3.29. The van der Waals surface area contributed by atoms with Crippen molar-refractivity contribution in [1.82, 2.24) is 0 Å². The molecule has 0 amide bonds. The van der Waals surface area contributed by atoms with Gasteiger partial charge in [-0.15, -0.1) is 0 Å². The fourth-order valence-electron chi connectivity index (χ4n) is 1.44. The van der Waals surface area contributed by atoms with E-state index in [1.54, 1.807) is 0 Å². The Morgan fingerprint density at radius 2 is 2.06 bits per heavy atom. The molecule has 7 heteroatoms. The fraction of sp³-hybridized carbons (Fsp3) is 0.273. The number of aldehydes is 1. The van der Waals surface area contributed by atoms with Crippen LogP contribution in [0.4, 0.5) is 8.78 Å². The average Bonchev–Trinajstić information content (AvgIpc) is 2.26. The van der Waals surface area contributed by atoms with Gasteiger partial charge in [-0.1, -0.05) is 6.07 Å². The van der Waals surface area contributed by atoms with Crippen LogP contribution in [0.5, 0.6) is 5.75 Å². The van der Waals surface area contributed by atoms with Gasteiger partial charge in [-0.3, -0.25) is 4.79 Å². The summed E-state index contributed by atoms with van der Waals surface area (Å²) in [4.78, 5) is 21.3. The van der Waals surface area contributed by atoms with E-state index in [0.717, 1.165) is 6.07 Å². The number of carboxylic acids is 1. The molecule has 1 rings (SSSR count). The zero-order chi connectivity index (χ0) is 13.9. The molecule has 0 aliphatic heterocycles. The van der Waals surface area contributed by atoms with Gasteiger partial charge in [0.05, 0.1) is 5.56 Å². The van der Waals surface area contributed by atoms with Gasteiger partial charge in [-0.2, -0.15) is 8.78 Å². The highest BCUT2D eigenvalue weighted by atomic mass is 19.3. The van der Waals surface area contributed by atoms with Crippen molar-refractivity contribution >= 4 is 12.3 Å². The second-order valence-corrected chi connectivity index (χ2v) is 3.49. The van der Waals surface area contributed by atoms with Crippen molar-refractivity contribution < 1.29 is 33.3 Å². The minimum atomic E-state index is -3.15. The second-order valence-electron chi connectivity index (χ2n) is 3.49. The van der Waals surface area contributed by atoms with Crippen molar-refractivity contribution in [2.45, 2.75) is 19.6 Å². The lowest BCUT2D eigenvalue weighted by Crippen LogP contribution is -2.12. The summed E-state index contributed by atoms with van der Waals surface area (Å²) in [5.41, 5.74) is -0.0173. The van der Waals surface area contributed by atoms with Crippen LogP contribution in [0, 0.1) is 6.92 Å². The summed E-state index contributed by atoms with van der Waals surface area (Å²) >= 11 is 0. The minimum absolute atomic E-state index is 0.114. The lowest BCUT2D eigenvalue weighted by Gasteiger charge is -2.13. The van der Waals surface area contributed by atoms with E-state index in [9.17, 15) is 23.5 Å². The van der Waals surface area contributed by atoms with Crippen molar-refractivity contribution in [2.75, 3.05) is 0 Å². The number of carboxylic acid groups (broad SMARTS) is 1. The molecule has 0 heterocycles. The Kier molecular flexibility index (Phi) is 4.33. The molecule has 0 aliphatic rings. The van der Waals surface area contributed by atoms with Crippen LogP contribution in [0.2, 0.25) is 0 Å². The van der Waals surface area contributed by atoms with Crippen LogP contribution in [-0.2, 0) is 4.79 Å². The number of aliphatic hydroxyl groups excluding tert-OH is 1. The van der Waals surface area contributed by atoms with Crippen LogP contribution in [0.15, 0.2) is 12.1 Å². The molecule has 0 bridgehead atoms. The molecule has 18 heavy (non-hydrogen) atoms. The molecule has 5 nitrogen and oxygen atoms in total. The zero-order valence-electron chi connectivity index (χ0n) is 9.26. The van der Waals surface area contributed by atoms with Gasteiger partial charge in [0.1, 0.15) is 5.75 Å². The summed E-state index contributed by atoms with van der Waals surface area (Å²) in [5, 5.41) is 17.9. The van der Waals surface area contributed by atoms with Crippen molar-refractivity contribution in [3.05, 3.63) is 28.8 Å². The number of carbonyl (C=O) groups is 2. The van der Waals surface area contributed by atoms with Gasteiger partial charge < -0.3 is 14.9 Å². The van der Waals surface area contributed by atoms with Gasteiger partial charge in [-0.05, 0) is 24.1 Å². The molecule has 0 radical (unpaired) electrons. The third-order valence-corrected chi connectivity index (χ3v) is 2.25. The molecule has 2 N–H and O–H groups in total. The highest BCUT2D eigenvalue weighted by molar-refractivity contribution is 5.83.